The number of benzene rings is 2. The standard InChI is InChI=1S/C18H9F6N3O2S/c19-13-6-16(14(20)5-12(13)18(22,23)24)27-30(28,29)10-4-15(26-8-10)11-3-1-2-9(7-25)17(11)21/h1-6,8,26-27H. The lowest BCUT2D eigenvalue weighted by molar-refractivity contribution is -0.140. The number of aromatic nitrogens is 1. The van der Waals surface area contributed by atoms with Gasteiger partial charge in [0.2, 0.25) is 0 Å². The van der Waals surface area contributed by atoms with Crippen molar-refractivity contribution in [1.29, 1.82) is 5.26 Å². The quantitative estimate of drug-likeness (QED) is 0.567. The third-order valence-corrected chi connectivity index (χ3v) is 5.33. The lowest BCUT2D eigenvalue weighted by Crippen LogP contribution is -2.15. The monoisotopic (exact) mass is 445 g/mol. The predicted molar refractivity (Wildman–Crippen MR) is 93.1 cm³/mol. The summed E-state index contributed by atoms with van der Waals surface area (Å²) in [4.78, 5) is 1.95. The van der Waals surface area contributed by atoms with Crippen LogP contribution >= 0.6 is 0 Å². The zero-order valence-corrected chi connectivity index (χ0v) is 15.3. The zero-order valence-electron chi connectivity index (χ0n) is 14.5. The number of H-pyrrole nitrogens is 1. The summed E-state index contributed by atoms with van der Waals surface area (Å²) in [6.45, 7) is 0. The van der Waals surface area contributed by atoms with E-state index in [-0.39, 0.29) is 29.0 Å². The summed E-state index contributed by atoms with van der Waals surface area (Å²) in [6.07, 6.45) is -4.26. The van der Waals surface area contributed by atoms with E-state index in [1.165, 1.54) is 18.2 Å². The van der Waals surface area contributed by atoms with E-state index in [9.17, 15) is 34.8 Å². The molecule has 12 heteroatoms. The molecule has 3 aromatic rings. The van der Waals surface area contributed by atoms with Crippen LogP contribution in [0.3, 0.4) is 0 Å². The Hall–Kier alpha value is -3.46. The Bertz CT molecular complexity index is 1280. The van der Waals surface area contributed by atoms with E-state index in [1.807, 2.05) is 0 Å². The molecule has 1 heterocycles. The molecule has 30 heavy (non-hydrogen) atoms. The van der Waals surface area contributed by atoms with Crippen LogP contribution in [-0.2, 0) is 16.2 Å². The highest BCUT2D eigenvalue weighted by Crippen LogP contribution is 2.34. The van der Waals surface area contributed by atoms with Crippen LogP contribution in [0.5, 0.6) is 0 Å². The van der Waals surface area contributed by atoms with Gasteiger partial charge in [-0.15, -0.1) is 0 Å². The number of alkyl halides is 3. The smallest absolute Gasteiger partial charge is 0.360 e. The molecule has 5 nitrogen and oxygen atoms in total. The highest BCUT2D eigenvalue weighted by atomic mass is 32.2. The van der Waals surface area contributed by atoms with E-state index in [0.717, 1.165) is 12.3 Å². The summed E-state index contributed by atoms with van der Waals surface area (Å²) in [5.74, 6) is -4.42. The maximum atomic E-state index is 14.3. The van der Waals surface area contributed by atoms with Gasteiger partial charge < -0.3 is 4.98 Å². The molecule has 0 fully saturated rings. The second kappa shape index (κ2) is 7.42. The number of halogens is 6. The molecule has 2 aromatic carbocycles. The Morgan fingerprint density at radius 2 is 1.73 bits per heavy atom. The fourth-order valence-corrected chi connectivity index (χ4v) is 3.61. The molecule has 2 N–H and O–H groups in total. The molecule has 1 aromatic heterocycles. The summed E-state index contributed by atoms with van der Waals surface area (Å²) >= 11 is 0. The number of sulfonamides is 1. The Morgan fingerprint density at radius 3 is 2.37 bits per heavy atom. The summed E-state index contributed by atoms with van der Waals surface area (Å²) in [5.41, 5.74) is -3.38. The van der Waals surface area contributed by atoms with Gasteiger partial charge in [-0.2, -0.15) is 18.4 Å². The molecule has 0 aliphatic heterocycles. The van der Waals surface area contributed by atoms with Gasteiger partial charge in [0.15, 0.2) is 0 Å². The molecular formula is C18H9F6N3O2S. The normalized spacial score (nSPS) is 11.9. The van der Waals surface area contributed by atoms with Gasteiger partial charge in [0, 0.05) is 23.5 Å². The van der Waals surface area contributed by atoms with Crippen molar-refractivity contribution in [2.75, 3.05) is 4.72 Å². The molecule has 0 atom stereocenters. The molecular weight excluding hydrogens is 436 g/mol. The molecule has 0 saturated carbocycles. The van der Waals surface area contributed by atoms with Crippen molar-refractivity contribution in [3.05, 3.63) is 71.2 Å². The molecule has 0 unspecified atom stereocenters. The van der Waals surface area contributed by atoms with Crippen molar-refractivity contribution in [2.24, 2.45) is 0 Å². The highest BCUT2D eigenvalue weighted by Gasteiger charge is 2.35. The van der Waals surface area contributed by atoms with E-state index >= 15 is 0 Å². The fourth-order valence-electron chi connectivity index (χ4n) is 2.56. The first-order valence-corrected chi connectivity index (χ1v) is 9.39. The van der Waals surface area contributed by atoms with Gasteiger partial charge >= 0.3 is 6.18 Å². The topological polar surface area (TPSA) is 85.8 Å². The summed E-state index contributed by atoms with van der Waals surface area (Å²) in [6, 6.07) is 6.34. The molecule has 0 spiro atoms. The number of nitrogens with one attached hydrogen (secondary N) is 2. The van der Waals surface area contributed by atoms with Crippen molar-refractivity contribution >= 4 is 15.7 Å². The first kappa shape index (κ1) is 21.3. The van der Waals surface area contributed by atoms with Crippen LogP contribution in [0.15, 0.2) is 47.5 Å². The third kappa shape index (κ3) is 3.97. The van der Waals surface area contributed by atoms with Crippen LogP contribution in [0, 0.1) is 28.8 Å². The van der Waals surface area contributed by atoms with Crippen LogP contribution < -0.4 is 4.72 Å². The van der Waals surface area contributed by atoms with Gasteiger partial charge in [0.1, 0.15) is 28.4 Å². The minimum absolute atomic E-state index is 0.0379. The van der Waals surface area contributed by atoms with Gasteiger partial charge in [-0.1, -0.05) is 6.07 Å². The number of nitrogens with zero attached hydrogens (tertiary/aromatic N) is 1. The van der Waals surface area contributed by atoms with E-state index in [0.29, 0.717) is 0 Å². The second-order valence-electron chi connectivity index (χ2n) is 5.94. The molecule has 0 aliphatic rings. The lowest BCUT2D eigenvalue weighted by Gasteiger charge is -2.12. The number of hydrogen-bond donors (Lipinski definition) is 2. The minimum atomic E-state index is -5.17. The third-order valence-electron chi connectivity index (χ3n) is 3.98. The summed E-state index contributed by atoms with van der Waals surface area (Å²) in [5, 5.41) is 8.86. The maximum Gasteiger partial charge on any atom is 0.419 e. The number of nitriles is 1. The van der Waals surface area contributed by atoms with Gasteiger partial charge in [0.05, 0.1) is 16.8 Å². The number of anilines is 1. The predicted octanol–water partition coefficient (Wildman–Crippen LogP) is 4.79. The van der Waals surface area contributed by atoms with E-state index in [2.05, 4.69) is 4.98 Å². The molecule has 0 saturated heterocycles. The Labute approximate surface area is 165 Å². The van der Waals surface area contributed by atoms with Crippen LogP contribution in [0.1, 0.15) is 11.1 Å². The van der Waals surface area contributed by atoms with Crippen molar-refractivity contribution in [1.82, 2.24) is 4.98 Å². The average Bonchev–Trinajstić information content (AvgIpc) is 3.14. The van der Waals surface area contributed by atoms with Gasteiger partial charge in [-0.3, -0.25) is 4.72 Å². The number of hydrogen-bond acceptors (Lipinski definition) is 3. The summed E-state index contributed by atoms with van der Waals surface area (Å²) < 4.78 is 106. The maximum absolute atomic E-state index is 14.3. The SMILES string of the molecule is N#Cc1cccc(-c2cc(S(=O)(=O)Nc3cc(F)c(C(F)(F)F)cc3F)c[nH]2)c1F. The Balaban J connectivity index is 1.95. The van der Waals surface area contributed by atoms with Crippen molar-refractivity contribution in [3.63, 3.8) is 0 Å². The molecule has 0 bridgehead atoms. The van der Waals surface area contributed by atoms with E-state index in [1.54, 1.807) is 10.8 Å². The van der Waals surface area contributed by atoms with Crippen LogP contribution in [0.4, 0.5) is 32.0 Å². The molecule has 0 amide bonds. The average molecular weight is 445 g/mol. The van der Waals surface area contributed by atoms with E-state index in [4.69, 9.17) is 5.26 Å². The van der Waals surface area contributed by atoms with E-state index < -0.39 is 49.8 Å². The first-order chi connectivity index (χ1) is 13.9. The zero-order chi connectivity index (χ0) is 22.3. The van der Waals surface area contributed by atoms with Crippen molar-refractivity contribution in [3.8, 4) is 17.3 Å². The van der Waals surface area contributed by atoms with Gasteiger partial charge in [-0.05, 0) is 24.3 Å². The fraction of sp³-hybridized carbons (Fsp3) is 0.0556. The molecule has 3 rings (SSSR count). The second-order valence-corrected chi connectivity index (χ2v) is 7.63. The summed E-state index contributed by atoms with van der Waals surface area (Å²) in [7, 11) is -4.57. The Morgan fingerprint density at radius 1 is 1.03 bits per heavy atom. The van der Waals surface area contributed by atoms with Crippen LogP contribution in [0.25, 0.3) is 11.3 Å². The molecule has 156 valence electrons. The van der Waals surface area contributed by atoms with Crippen molar-refractivity contribution in [2.45, 2.75) is 11.1 Å². The molecule has 0 aliphatic carbocycles. The minimum Gasteiger partial charge on any atom is -0.360 e. The van der Waals surface area contributed by atoms with Crippen LogP contribution in [0.2, 0.25) is 0 Å². The largest absolute Gasteiger partial charge is 0.419 e. The van der Waals surface area contributed by atoms with Gasteiger partial charge in [0.25, 0.3) is 10.0 Å². The lowest BCUT2D eigenvalue weighted by atomic mass is 10.1. The Kier molecular flexibility index (Phi) is 5.25. The first-order valence-electron chi connectivity index (χ1n) is 7.90. The number of aromatic amines is 1. The van der Waals surface area contributed by atoms with Gasteiger partial charge in [-0.25, -0.2) is 21.6 Å². The van der Waals surface area contributed by atoms with Crippen LogP contribution in [-0.4, -0.2) is 13.4 Å². The molecule has 0 radical (unpaired) electrons. The van der Waals surface area contributed by atoms with Crippen molar-refractivity contribution < 1.29 is 34.8 Å². The number of rotatable bonds is 4. The highest BCUT2D eigenvalue weighted by molar-refractivity contribution is 7.92.